The number of carbonyl (C=O) groups is 1. The van der Waals surface area contributed by atoms with Gasteiger partial charge in [-0.25, -0.2) is 4.98 Å². The van der Waals surface area contributed by atoms with Gasteiger partial charge in [-0.05, 0) is 16.7 Å². The van der Waals surface area contributed by atoms with Crippen molar-refractivity contribution < 1.29 is 19.0 Å². The van der Waals surface area contributed by atoms with Gasteiger partial charge in [0.25, 0.3) is 5.56 Å². The Hall–Kier alpha value is -4.80. The van der Waals surface area contributed by atoms with Gasteiger partial charge < -0.3 is 19.9 Å². The molecule has 3 heterocycles. The van der Waals surface area contributed by atoms with Gasteiger partial charge >= 0.3 is 5.97 Å². The third-order valence-electron chi connectivity index (χ3n) is 7.21. The van der Waals surface area contributed by atoms with Gasteiger partial charge in [-0.15, -0.1) is 0 Å². The van der Waals surface area contributed by atoms with E-state index in [9.17, 15) is 9.59 Å². The summed E-state index contributed by atoms with van der Waals surface area (Å²) in [5, 5.41) is 0. The number of aromatic amines is 1. The summed E-state index contributed by atoms with van der Waals surface area (Å²) in [6.07, 6.45) is -0.112. The molecule has 3 aromatic carbocycles. The van der Waals surface area contributed by atoms with Gasteiger partial charge in [0.2, 0.25) is 5.95 Å². The Morgan fingerprint density at radius 2 is 1.56 bits per heavy atom. The molecule has 0 radical (unpaired) electrons. The molecule has 1 aliphatic heterocycles. The van der Waals surface area contributed by atoms with Crippen LogP contribution < -0.4 is 11.3 Å². The van der Waals surface area contributed by atoms with Crippen molar-refractivity contribution in [3.63, 3.8) is 0 Å². The van der Waals surface area contributed by atoms with Crippen molar-refractivity contribution in [3.8, 4) is 0 Å². The first kappa shape index (κ1) is 26.4. The lowest BCUT2D eigenvalue weighted by Crippen LogP contribution is -2.35. The fourth-order valence-corrected chi connectivity index (χ4v) is 5.50. The zero-order valence-corrected chi connectivity index (χ0v) is 22.3. The average molecular weight is 552 g/mol. The molecule has 6 rings (SSSR count). The Labute approximate surface area is 235 Å². The van der Waals surface area contributed by atoms with Crippen LogP contribution in [0.1, 0.15) is 36.3 Å². The SMILES string of the molecule is CC(=O)OC1C[C@@H](COC(c2ccccc2)(c2ccccc2)c2ccccc2)O[C@H]1n1cnc2c(=O)[nH]c(N)nc21. The van der Waals surface area contributed by atoms with Crippen LogP contribution in [0.2, 0.25) is 0 Å². The minimum absolute atomic E-state index is 0.0514. The van der Waals surface area contributed by atoms with E-state index < -0.39 is 35.6 Å². The van der Waals surface area contributed by atoms with Crippen molar-refractivity contribution in [3.05, 3.63) is 124 Å². The van der Waals surface area contributed by atoms with Gasteiger partial charge in [0.1, 0.15) is 11.7 Å². The van der Waals surface area contributed by atoms with Crippen LogP contribution in [0.4, 0.5) is 5.95 Å². The van der Waals surface area contributed by atoms with Crippen molar-refractivity contribution in [2.45, 2.75) is 37.4 Å². The molecule has 3 N–H and O–H groups in total. The molecule has 3 atom stereocenters. The molecule has 0 amide bonds. The summed E-state index contributed by atoms with van der Waals surface area (Å²) in [4.78, 5) is 35.3. The van der Waals surface area contributed by atoms with Gasteiger partial charge in [-0.2, -0.15) is 4.98 Å². The predicted octanol–water partition coefficient (Wildman–Crippen LogP) is 3.93. The fraction of sp³-hybridized carbons (Fsp3) is 0.226. The standard InChI is InChI=1S/C31H29N5O5/c1-20(37)40-25-17-24(41-29(25)36-19-33-26-27(36)34-30(32)35-28(26)38)18-39-31(21-11-5-2-6-12-21,22-13-7-3-8-14-22)23-15-9-4-10-16-23/h2-16,19,24-25,29H,17-18H2,1H3,(H3,32,34,35,38)/t24-,25?,29+/m0/s1. The van der Waals surface area contributed by atoms with Crippen LogP contribution in [0.15, 0.2) is 102 Å². The Bertz CT molecular complexity index is 1610. The maximum atomic E-state index is 12.4. The molecule has 41 heavy (non-hydrogen) atoms. The third kappa shape index (κ3) is 4.99. The van der Waals surface area contributed by atoms with Crippen LogP contribution in [0.25, 0.3) is 11.2 Å². The molecule has 208 valence electrons. The fourth-order valence-electron chi connectivity index (χ4n) is 5.50. The lowest BCUT2D eigenvalue weighted by molar-refractivity contribution is -0.152. The van der Waals surface area contributed by atoms with Crippen molar-refractivity contribution >= 4 is 23.1 Å². The quantitative estimate of drug-likeness (QED) is 0.219. The van der Waals surface area contributed by atoms with Crippen LogP contribution in [-0.2, 0) is 24.6 Å². The number of nitrogens with one attached hydrogen (secondary N) is 1. The highest BCUT2D eigenvalue weighted by Gasteiger charge is 2.43. The molecule has 1 saturated heterocycles. The Kier molecular flexibility index (Phi) is 7.08. The highest BCUT2D eigenvalue weighted by atomic mass is 16.6. The molecule has 0 spiro atoms. The Morgan fingerprint density at radius 3 is 2.10 bits per heavy atom. The summed E-state index contributed by atoms with van der Waals surface area (Å²) < 4.78 is 20.6. The zero-order valence-electron chi connectivity index (χ0n) is 22.3. The number of nitrogens with zero attached hydrogens (tertiary/aromatic N) is 3. The van der Waals surface area contributed by atoms with Crippen LogP contribution in [0.5, 0.6) is 0 Å². The van der Waals surface area contributed by atoms with E-state index in [1.165, 1.54) is 13.3 Å². The number of fused-ring (bicyclic) bond motifs is 1. The van der Waals surface area contributed by atoms with E-state index in [4.69, 9.17) is 19.9 Å². The van der Waals surface area contributed by atoms with E-state index in [1.807, 2.05) is 91.0 Å². The van der Waals surface area contributed by atoms with Crippen LogP contribution in [0.3, 0.4) is 0 Å². The molecule has 0 aliphatic carbocycles. The van der Waals surface area contributed by atoms with Crippen LogP contribution in [0, 0.1) is 0 Å². The van der Waals surface area contributed by atoms with E-state index >= 15 is 0 Å². The van der Waals surface area contributed by atoms with E-state index in [1.54, 1.807) is 4.57 Å². The second-order valence-electron chi connectivity index (χ2n) is 9.90. The van der Waals surface area contributed by atoms with E-state index in [-0.39, 0.29) is 23.7 Å². The first-order valence-corrected chi connectivity index (χ1v) is 13.3. The number of carbonyl (C=O) groups excluding carboxylic acids is 1. The number of hydrogen-bond donors (Lipinski definition) is 2. The summed E-state index contributed by atoms with van der Waals surface area (Å²) in [7, 11) is 0. The maximum absolute atomic E-state index is 12.4. The predicted molar refractivity (Wildman–Crippen MR) is 152 cm³/mol. The molecule has 1 unspecified atom stereocenters. The molecule has 0 bridgehead atoms. The van der Waals surface area contributed by atoms with Crippen molar-refractivity contribution in [2.24, 2.45) is 0 Å². The first-order valence-electron chi connectivity index (χ1n) is 13.3. The minimum atomic E-state index is -0.937. The molecule has 0 saturated carbocycles. The third-order valence-corrected chi connectivity index (χ3v) is 7.21. The molecule has 1 fully saturated rings. The normalized spacial score (nSPS) is 18.9. The molecule has 10 heteroatoms. The van der Waals surface area contributed by atoms with Gasteiger partial charge in [-0.1, -0.05) is 91.0 Å². The zero-order chi connectivity index (χ0) is 28.4. The van der Waals surface area contributed by atoms with Gasteiger partial charge in [-0.3, -0.25) is 19.1 Å². The molecule has 5 aromatic rings. The van der Waals surface area contributed by atoms with Gasteiger partial charge in [0, 0.05) is 13.3 Å². The summed E-state index contributed by atoms with van der Waals surface area (Å²) in [6, 6.07) is 30.1. The highest BCUT2D eigenvalue weighted by Crippen LogP contribution is 2.42. The summed E-state index contributed by atoms with van der Waals surface area (Å²) in [5.41, 5.74) is 7.63. The second kappa shape index (κ2) is 11.0. The summed E-state index contributed by atoms with van der Waals surface area (Å²) in [6.45, 7) is 1.52. The number of nitrogens with two attached hydrogens (primary N) is 1. The Morgan fingerprint density at radius 1 is 1.00 bits per heavy atom. The lowest BCUT2D eigenvalue weighted by Gasteiger charge is -2.36. The number of H-pyrrole nitrogens is 1. The number of esters is 1. The van der Waals surface area contributed by atoms with Gasteiger partial charge in [0.05, 0.1) is 19.0 Å². The topological polar surface area (TPSA) is 134 Å². The average Bonchev–Trinajstić information content (AvgIpc) is 3.58. The molecular weight excluding hydrogens is 522 g/mol. The summed E-state index contributed by atoms with van der Waals surface area (Å²) >= 11 is 0. The maximum Gasteiger partial charge on any atom is 0.303 e. The van der Waals surface area contributed by atoms with Gasteiger partial charge in [0.15, 0.2) is 17.4 Å². The Balaban J connectivity index is 1.37. The van der Waals surface area contributed by atoms with E-state index in [0.29, 0.717) is 6.42 Å². The monoisotopic (exact) mass is 551 g/mol. The van der Waals surface area contributed by atoms with Crippen LogP contribution in [-0.4, -0.2) is 44.3 Å². The minimum Gasteiger partial charge on any atom is -0.458 e. The van der Waals surface area contributed by atoms with Crippen molar-refractivity contribution in [2.75, 3.05) is 12.3 Å². The number of hydrogen-bond acceptors (Lipinski definition) is 8. The number of benzene rings is 3. The van der Waals surface area contributed by atoms with E-state index in [2.05, 4.69) is 15.0 Å². The highest BCUT2D eigenvalue weighted by molar-refractivity contribution is 5.70. The summed E-state index contributed by atoms with van der Waals surface area (Å²) in [5.74, 6) is -0.503. The number of anilines is 1. The largest absolute Gasteiger partial charge is 0.458 e. The smallest absolute Gasteiger partial charge is 0.303 e. The lowest BCUT2D eigenvalue weighted by atomic mass is 9.80. The number of rotatable bonds is 8. The second-order valence-corrected chi connectivity index (χ2v) is 9.90. The number of nitrogen functional groups attached to an aromatic ring is 1. The number of imidazole rings is 1. The first-order chi connectivity index (χ1) is 20.0. The molecular formula is C31H29N5O5. The van der Waals surface area contributed by atoms with Crippen LogP contribution >= 0.6 is 0 Å². The number of aromatic nitrogens is 4. The molecule has 1 aliphatic rings. The van der Waals surface area contributed by atoms with Crippen molar-refractivity contribution in [1.29, 1.82) is 0 Å². The van der Waals surface area contributed by atoms with E-state index in [0.717, 1.165) is 16.7 Å². The van der Waals surface area contributed by atoms with Crippen molar-refractivity contribution in [1.82, 2.24) is 19.5 Å². The number of ether oxygens (including phenoxy) is 3. The molecule has 2 aromatic heterocycles. The molecule has 10 nitrogen and oxygen atoms in total.